The molecule has 3 aromatic rings. The van der Waals surface area contributed by atoms with Crippen molar-refractivity contribution in [2.75, 3.05) is 62.2 Å². The molecule has 10 nitrogen and oxygen atoms in total. The predicted molar refractivity (Wildman–Crippen MR) is 160 cm³/mol. The van der Waals surface area contributed by atoms with Crippen molar-refractivity contribution in [3.8, 4) is 11.5 Å². The summed E-state index contributed by atoms with van der Waals surface area (Å²) in [6.07, 6.45) is -2.96. The van der Waals surface area contributed by atoms with Gasteiger partial charge in [-0.15, -0.1) is 10.2 Å². The molecule has 0 radical (unpaired) electrons. The molecule has 0 N–H and O–H groups in total. The lowest BCUT2D eigenvalue weighted by atomic mass is 10.1. The van der Waals surface area contributed by atoms with E-state index in [1.807, 2.05) is 12.1 Å². The molecular weight excluding hydrogens is 616 g/mol. The van der Waals surface area contributed by atoms with E-state index in [4.69, 9.17) is 4.42 Å². The van der Waals surface area contributed by atoms with Crippen LogP contribution in [0.1, 0.15) is 37.3 Å². The molecular formula is C30H36F4N6O4S. The molecule has 0 aliphatic carbocycles. The number of sulfone groups is 1. The largest absolute Gasteiger partial charge is 0.415 e. The maximum Gasteiger partial charge on any atom is 0.324 e. The molecule has 0 bridgehead atoms. The van der Waals surface area contributed by atoms with E-state index in [1.165, 1.54) is 21.9 Å². The van der Waals surface area contributed by atoms with Crippen LogP contribution in [0, 0.1) is 5.82 Å². The fraction of sp³-hybridized carbons (Fsp3) is 0.500. The number of benzene rings is 2. The second-order valence-corrected chi connectivity index (χ2v) is 14.3. The molecule has 15 heteroatoms. The third-order valence-electron chi connectivity index (χ3n) is 7.82. The van der Waals surface area contributed by atoms with Gasteiger partial charge < -0.3 is 9.32 Å². The minimum absolute atomic E-state index is 0.0202. The summed E-state index contributed by atoms with van der Waals surface area (Å²) < 4.78 is 84.0. The monoisotopic (exact) mass is 652 g/mol. The van der Waals surface area contributed by atoms with Crippen molar-refractivity contribution in [3.63, 3.8) is 0 Å². The maximum atomic E-state index is 15.3. The fourth-order valence-corrected chi connectivity index (χ4v) is 6.64. The van der Waals surface area contributed by atoms with Gasteiger partial charge >= 0.3 is 12.5 Å². The SMILES string of the molecule is CC(C)(F)CN1CCN(Cc2ccc(N(Cc3ccc(-c4nnc(C(F)F)o4)cc3F)C(=O)N3CCS(=O)(=O)CC3)cc2)CC1. The van der Waals surface area contributed by atoms with Crippen LogP contribution in [0.2, 0.25) is 0 Å². The van der Waals surface area contributed by atoms with Crippen molar-refractivity contribution in [1.29, 1.82) is 0 Å². The molecule has 2 aromatic carbocycles. The first-order chi connectivity index (χ1) is 21.3. The number of amides is 2. The van der Waals surface area contributed by atoms with Crippen molar-refractivity contribution in [2.45, 2.75) is 39.0 Å². The van der Waals surface area contributed by atoms with Gasteiger partial charge in [-0.05, 0) is 43.7 Å². The van der Waals surface area contributed by atoms with Crippen LogP contribution in [-0.2, 0) is 22.9 Å². The van der Waals surface area contributed by atoms with Crippen LogP contribution in [0.25, 0.3) is 11.5 Å². The quantitative estimate of drug-likeness (QED) is 0.311. The van der Waals surface area contributed by atoms with Crippen molar-refractivity contribution < 1.29 is 35.2 Å². The molecule has 45 heavy (non-hydrogen) atoms. The molecule has 0 saturated carbocycles. The minimum atomic E-state index is -3.24. The minimum Gasteiger partial charge on any atom is -0.415 e. The summed E-state index contributed by atoms with van der Waals surface area (Å²) in [5.41, 5.74) is 0.502. The summed E-state index contributed by atoms with van der Waals surface area (Å²) >= 11 is 0. The van der Waals surface area contributed by atoms with Crippen LogP contribution in [-0.4, -0.2) is 102 Å². The van der Waals surface area contributed by atoms with Gasteiger partial charge in [0.15, 0.2) is 9.84 Å². The van der Waals surface area contributed by atoms with Gasteiger partial charge in [-0.25, -0.2) is 22.0 Å². The molecule has 3 heterocycles. The molecule has 2 saturated heterocycles. The molecule has 2 amide bonds. The highest BCUT2D eigenvalue weighted by atomic mass is 32.2. The Morgan fingerprint density at radius 3 is 2.20 bits per heavy atom. The van der Waals surface area contributed by atoms with Crippen LogP contribution in [0.5, 0.6) is 0 Å². The van der Waals surface area contributed by atoms with Gasteiger partial charge in [-0.3, -0.25) is 14.7 Å². The second kappa shape index (κ2) is 13.4. The van der Waals surface area contributed by atoms with Gasteiger partial charge in [0.1, 0.15) is 11.5 Å². The molecule has 1 aromatic heterocycles. The summed E-state index contributed by atoms with van der Waals surface area (Å²) in [5, 5.41) is 6.82. The van der Waals surface area contributed by atoms with E-state index in [1.54, 1.807) is 26.0 Å². The summed E-state index contributed by atoms with van der Waals surface area (Å²) in [6.45, 7) is 7.21. The smallest absolute Gasteiger partial charge is 0.324 e. The first-order valence-electron chi connectivity index (χ1n) is 14.7. The van der Waals surface area contributed by atoms with Gasteiger partial charge in [-0.2, -0.15) is 8.78 Å². The standard InChI is InChI=1S/C30H36F4N6O4S/c1-30(2,34)20-38-11-9-37(10-12-38)18-21-3-7-24(8-4-21)40(29(41)39-13-15-45(42,43)16-14-39)19-23-6-5-22(17-25(23)31)27-35-36-28(44-27)26(32)33/h3-8,17,26H,9-16,18-20H2,1-2H3. The molecule has 244 valence electrons. The topological polar surface area (TPSA) is 103 Å². The Balaban J connectivity index is 1.32. The van der Waals surface area contributed by atoms with E-state index in [0.29, 0.717) is 18.8 Å². The van der Waals surface area contributed by atoms with Crippen LogP contribution >= 0.6 is 0 Å². The number of alkyl halides is 3. The van der Waals surface area contributed by atoms with Crippen molar-refractivity contribution in [1.82, 2.24) is 24.9 Å². The molecule has 2 fully saturated rings. The number of anilines is 1. The number of aromatic nitrogens is 2. The average Bonchev–Trinajstić information content (AvgIpc) is 3.48. The normalized spacial score (nSPS) is 18.0. The first kappa shape index (κ1) is 32.8. The summed E-state index contributed by atoms with van der Waals surface area (Å²) in [6, 6.07) is 10.8. The van der Waals surface area contributed by atoms with Crippen LogP contribution in [0.4, 0.5) is 28.0 Å². The summed E-state index contributed by atoms with van der Waals surface area (Å²) in [5.74, 6) is -2.16. The zero-order chi connectivity index (χ0) is 32.4. The van der Waals surface area contributed by atoms with E-state index >= 15 is 4.39 Å². The highest BCUT2D eigenvalue weighted by Gasteiger charge is 2.30. The predicted octanol–water partition coefficient (Wildman–Crippen LogP) is 4.54. The number of nitrogens with zero attached hydrogens (tertiary/aromatic N) is 6. The number of hydrogen-bond donors (Lipinski definition) is 0. The van der Waals surface area contributed by atoms with Crippen molar-refractivity contribution in [2.24, 2.45) is 0 Å². The third-order valence-corrected chi connectivity index (χ3v) is 9.43. The molecule has 0 unspecified atom stereocenters. The van der Waals surface area contributed by atoms with Crippen molar-refractivity contribution >= 4 is 21.6 Å². The Kier molecular flexibility index (Phi) is 9.80. The lowest BCUT2D eigenvalue weighted by molar-refractivity contribution is 0.0732. The average molecular weight is 653 g/mol. The number of rotatable bonds is 9. The molecule has 0 atom stereocenters. The Hall–Kier alpha value is -3.56. The van der Waals surface area contributed by atoms with E-state index in [0.717, 1.165) is 37.8 Å². The molecule has 5 rings (SSSR count). The molecule has 0 spiro atoms. The van der Waals surface area contributed by atoms with Gasteiger partial charge in [0, 0.05) is 69.2 Å². The fourth-order valence-electron chi connectivity index (χ4n) is 5.44. The van der Waals surface area contributed by atoms with Gasteiger partial charge in [0.05, 0.1) is 18.1 Å². The number of urea groups is 1. The Bertz CT molecular complexity index is 1570. The highest BCUT2D eigenvalue weighted by molar-refractivity contribution is 7.91. The van der Waals surface area contributed by atoms with E-state index in [2.05, 4.69) is 20.0 Å². The number of hydrogen-bond acceptors (Lipinski definition) is 8. The highest BCUT2D eigenvalue weighted by Crippen LogP contribution is 2.27. The number of piperazine rings is 1. The Labute approximate surface area is 259 Å². The third kappa shape index (κ3) is 8.58. The van der Waals surface area contributed by atoms with Crippen LogP contribution in [0.15, 0.2) is 46.9 Å². The van der Waals surface area contributed by atoms with Crippen LogP contribution in [0.3, 0.4) is 0 Å². The first-order valence-corrected chi connectivity index (χ1v) is 16.5. The number of halogens is 4. The number of carbonyl (C=O) groups excluding carboxylic acids is 1. The van der Waals surface area contributed by atoms with E-state index < -0.39 is 39.7 Å². The Morgan fingerprint density at radius 1 is 0.978 bits per heavy atom. The lowest BCUT2D eigenvalue weighted by Gasteiger charge is -2.36. The van der Waals surface area contributed by atoms with Gasteiger partial charge in [0.2, 0.25) is 5.89 Å². The van der Waals surface area contributed by atoms with E-state index in [-0.39, 0.29) is 48.2 Å². The Morgan fingerprint density at radius 2 is 1.62 bits per heavy atom. The van der Waals surface area contributed by atoms with Gasteiger partial charge in [0.25, 0.3) is 5.89 Å². The summed E-state index contributed by atoms with van der Waals surface area (Å²) in [4.78, 5) is 20.9. The van der Waals surface area contributed by atoms with Crippen molar-refractivity contribution in [3.05, 3.63) is 65.3 Å². The van der Waals surface area contributed by atoms with E-state index in [9.17, 15) is 26.4 Å². The maximum absolute atomic E-state index is 15.3. The molecule has 2 aliphatic rings. The van der Waals surface area contributed by atoms with Crippen LogP contribution < -0.4 is 4.90 Å². The summed E-state index contributed by atoms with van der Waals surface area (Å²) in [7, 11) is -3.24. The molecule has 2 aliphatic heterocycles. The zero-order valence-corrected chi connectivity index (χ0v) is 25.9. The lowest BCUT2D eigenvalue weighted by Crippen LogP contribution is -2.50. The van der Waals surface area contributed by atoms with Gasteiger partial charge in [-0.1, -0.05) is 18.2 Å². The second-order valence-electron chi connectivity index (χ2n) is 12.0. The number of carbonyl (C=O) groups is 1. The zero-order valence-electron chi connectivity index (χ0n) is 25.1.